The number of rotatable bonds is 43. The van der Waals surface area contributed by atoms with Gasteiger partial charge >= 0.3 is 5.97 Å². The number of aliphatic carboxylic acids is 1. The lowest BCUT2D eigenvalue weighted by Crippen LogP contribution is -2.62. The van der Waals surface area contributed by atoms with Gasteiger partial charge in [-0.2, -0.15) is 0 Å². The van der Waals surface area contributed by atoms with Crippen molar-refractivity contribution in [3.63, 3.8) is 0 Å². The van der Waals surface area contributed by atoms with E-state index < -0.39 is 180 Å². The van der Waals surface area contributed by atoms with Crippen molar-refractivity contribution < 1.29 is 77.6 Å². The largest absolute Gasteiger partial charge is 0.508 e. The predicted molar refractivity (Wildman–Crippen MR) is 340 cm³/mol. The summed E-state index contributed by atoms with van der Waals surface area (Å²) < 4.78 is 0. The van der Waals surface area contributed by atoms with Gasteiger partial charge in [0.25, 0.3) is 0 Å². The van der Waals surface area contributed by atoms with Crippen LogP contribution in [0.5, 0.6) is 5.75 Å². The van der Waals surface area contributed by atoms with E-state index in [1.165, 1.54) is 52.0 Å². The molecule has 0 aliphatic carbocycles. The number of hydrogen-bond acceptors (Lipinski definition) is 18. The van der Waals surface area contributed by atoms with E-state index in [1.807, 2.05) is 0 Å². The number of amides is 12. The Morgan fingerprint density at radius 3 is 1.27 bits per heavy atom. The number of carboxylic acids is 1. The predicted octanol–water partition coefficient (Wildman–Crippen LogP) is -2.95. The normalized spacial score (nSPS) is 16.2. The molecule has 31 nitrogen and oxygen atoms in total. The third-order valence-electron chi connectivity index (χ3n) is 15.4. The van der Waals surface area contributed by atoms with E-state index in [2.05, 4.69) is 58.5 Å². The highest BCUT2D eigenvalue weighted by Crippen LogP contribution is 2.16. The summed E-state index contributed by atoms with van der Waals surface area (Å²) in [7, 11) is 0. The molecule has 31 heteroatoms. The van der Waals surface area contributed by atoms with Crippen LogP contribution in [-0.4, -0.2) is 184 Å². The van der Waals surface area contributed by atoms with E-state index in [0.717, 1.165) is 0 Å². The molecule has 0 aliphatic rings. The first kappa shape index (κ1) is 82.0. The van der Waals surface area contributed by atoms with Crippen molar-refractivity contribution in [2.75, 3.05) is 13.1 Å². The zero-order valence-corrected chi connectivity index (χ0v) is 55.3. The highest BCUT2D eigenvalue weighted by Gasteiger charge is 2.38. The van der Waals surface area contributed by atoms with Crippen molar-refractivity contribution in [2.45, 2.75) is 232 Å². The lowest BCUT2D eigenvalue weighted by molar-refractivity contribution is -0.143. The van der Waals surface area contributed by atoms with Crippen LogP contribution < -0.4 is 81.4 Å². The molecule has 22 N–H and O–H groups in total. The first-order chi connectivity index (χ1) is 43.0. The number of aromatic hydroxyl groups is 1. The van der Waals surface area contributed by atoms with Gasteiger partial charge in [-0.25, -0.2) is 4.79 Å². The Kier molecular flexibility index (Phi) is 36.9. The number of benzene rings is 1. The quantitative estimate of drug-likeness (QED) is 0.0291. The summed E-state index contributed by atoms with van der Waals surface area (Å²) >= 11 is 0. The third kappa shape index (κ3) is 29.1. The molecule has 0 bridgehead atoms. The number of carbonyl (C=O) groups excluding carboxylic acids is 12. The summed E-state index contributed by atoms with van der Waals surface area (Å²) in [6.45, 7) is 19.4. The second-order valence-corrected chi connectivity index (χ2v) is 24.3. The topological polar surface area (TPSA) is 519 Å². The smallest absolute Gasteiger partial charge is 0.326 e. The number of aliphatic hydroxyl groups excluding tert-OH is 1. The molecule has 0 saturated heterocycles. The van der Waals surface area contributed by atoms with E-state index in [-0.39, 0.29) is 50.4 Å². The SMILES string of the molecule is CC[C@H](C)[C@H](NC(=O)[C@H](C)NC(=O)[C@H](C)NC(=O)[C@H](CCCCN)NC(=O)[C@H](CC(C)C)NC(=O)[C@H](Cc1ccc(O)cc1)NC(=O)[C@@H](N)[C@@H](C)O)C(=O)N[C@@H](C)C(=O)N[C@H](C(=O)N[C@H](C(=O)N[C@@H](CC(N)=O)C(=O)N[C@@H](CCCCN)C(=O)O)[C@@H](C)CC)C(C)C. The summed E-state index contributed by atoms with van der Waals surface area (Å²) in [5.74, 6) is -13.6. The highest BCUT2D eigenvalue weighted by atomic mass is 16.4. The minimum Gasteiger partial charge on any atom is -0.508 e. The fourth-order valence-electron chi connectivity index (χ4n) is 9.16. The number of phenols is 1. The molecule has 0 unspecified atom stereocenters. The number of nitrogens with one attached hydrogen (secondary N) is 11. The van der Waals surface area contributed by atoms with Gasteiger partial charge in [-0.3, -0.25) is 57.5 Å². The summed E-state index contributed by atoms with van der Waals surface area (Å²) in [4.78, 5) is 175. The molecule has 0 fully saturated rings. The molecule has 0 heterocycles. The number of aliphatic hydroxyl groups is 1. The Morgan fingerprint density at radius 1 is 0.446 bits per heavy atom. The van der Waals surface area contributed by atoms with Crippen LogP contribution in [-0.2, 0) is 68.7 Å². The Morgan fingerprint density at radius 2 is 0.815 bits per heavy atom. The number of carboxylic acid groups (broad SMARTS) is 1. The fraction of sp³-hybridized carbons (Fsp3) is 0.689. The summed E-state index contributed by atoms with van der Waals surface area (Å²) in [5, 5.41) is 57.6. The Bertz CT molecular complexity index is 2630. The van der Waals surface area contributed by atoms with Crippen LogP contribution >= 0.6 is 0 Å². The molecule has 0 spiro atoms. The molecule has 0 radical (unpaired) electrons. The monoisotopic (exact) mass is 1300 g/mol. The van der Waals surface area contributed by atoms with Crippen LogP contribution in [0.3, 0.4) is 0 Å². The lowest BCUT2D eigenvalue weighted by atomic mass is 9.95. The molecule has 1 aromatic rings. The molecule has 520 valence electrons. The second-order valence-electron chi connectivity index (χ2n) is 24.3. The molecule has 12 amide bonds. The van der Waals surface area contributed by atoms with E-state index in [4.69, 9.17) is 22.9 Å². The maximum atomic E-state index is 14.1. The molecule has 1 aromatic carbocycles. The number of unbranched alkanes of at least 4 members (excludes halogenated alkanes) is 2. The van der Waals surface area contributed by atoms with Crippen LogP contribution in [0.25, 0.3) is 0 Å². The van der Waals surface area contributed by atoms with Gasteiger partial charge in [-0.15, -0.1) is 0 Å². The second kappa shape index (κ2) is 41.5. The first-order valence-corrected chi connectivity index (χ1v) is 31.5. The molecule has 15 atom stereocenters. The van der Waals surface area contributed by atoms with Crippen molar-refractivity contribution in [2.24, 2.45) is 46.6 Å². The van der Waals surface area contributed by atoms with Crippen LogP contribution in [0.4, 0.5) is 0 Å². The van der Waals surface area contributed by atoms with E-state index in [9.17, 15) is 77.6 Å². The number of nitrogens with two attached hydrogens (primary N) is 4. The fourth-order valence-corrected chi connectivity index (χ4v) is 9.16. The average molecular weight is 1300 g/mol. The van der Waals surface area contributed by atoms with Gasteiger partial charge in [0.1, 0.15) is 78.3 Å². The number of carbonyl (C=O) groups is 13. The first-order valence-electron chi connectivity index (χ1n) is 31.5. The molecule has 1 rings (SSSR count). The van der Waals surface area contributed by atoms with Crippen LogP contribution in [0, 0.1) is 23.7 Å². The number of primary amides is 1. The van der Waals surface area contributed by atoms with Crippen molar-refractivity contribution in [1.29, 1.82) is 0 Å². The molecule has 0 saturated carbocycles. The summed E-state index contributed by atoms with van der Waals surface area (Å²) in [6, 6.07) is -10.3. The van der Waals surface area contributed by atoms with Gasteiger partial charge in [0.05, 0.1) is 12.5 Å². The number of phenolic OH excluding ortho intramolecular Hbond substituents is 1. The zero-order valence-electron chi connectivity index (χ0n) is 55.3. The minimum atomic E-state index is -1.62. The van der Waals surface area contributed by atoms with E-state index in [0.29, 0.717) is 44.1 Å². The van der Waals surface area contributed by atoms with Crippen molar-refractivity contribution in [3.05, 3.63) is 29.8 Å². The lowest BCUT2D eigenvalue weighted by Gasteiger charge is -2.30. The van der Waals surface area contributed by atoms with Crippen LogP contribution in [0.2, 0.25) is 0 Å². The Labute approximate surface area is 538 Å². The summed E-state index contributed by atoms with van der Waals surface area (Å²) in [5.41, 5.74) is 23.0. The van der Waals surface area contributed by atoms with Gasteiger partial charge in [0.2, 0.25) is 70.9 Å². The van der Waals surface area contributed by atoms with E-state index in [1.54, 1.807) is 55.4 Å². The molecule has 0 aromatic heterocycles. The molecular formula is C61H105N15O16. The van der Waals surface area contributed by atoms with Crippen LogP contribution in [0.1, 0.15) is 153 Å². The van der Waals surface area contributed by atoms with Crippen molar-refractivity contribution >= 4 is 76.9 Å². The standard InChI is InChI=1S/C61H105N15O16/c1-13-32(7)48(59(89)68-36(11)51(81)74-47(31(5)6)58(88)76-49(33(8)14-2)60(90)73-44(29-45(64)79)56(86)70-41(61(91)92)20-16-18-26-63)75-52(82)35(10)66-50(80)34(9)67-53(83)40(19-15-17-25-62)69-54(84)42(27-30(3)4)71-55(85)43(72-57(87)46(65)37(12)77)28-38-21-23-39(78)24-22-38/h21-24,30-37,40-44,46-49,77-78H,13-20,25-29,62-63,65H2,1-12H3,(H2,64,79)(H,66,80)(H,67,83)(H,68,89)(H,69,84)(H,70,86)(H,71,85)(H,72,87)(H,73,90)(H,74,81)(H,75,82)(H,76,88)(H,91,92)/t32-,33-,34-,35-,36-,37+,40-,41-,42-,43-,44-,46-,47-,48-,49-/m0/s1. The Hall–Kier alpha value is -8.03. The molecular weight excluding hydrogens is 1200 g/mol. The van der Waals surface area contributed by atoms with Gasteiger partial charge < -0.3 is 96.7 Å². The average Bonchev–Trinajstić information content (AvgIpc) is 0.967. The zero-order chi connectivity index (χ0) is 70.3. The van der Waals surface area contributed by atoms with Gasteiger partial charge in [0, 0.05) is 6.42 Å². The number of hydrogen-bond donors (Lipinski definition) is 18. The molecule has 0 aliphatic heterocycles. The van der Waals surface area contributed by atoms with Gasteiger partial charge in [0.15, 0.2) is 0 Å². The van der Waals surface area contributed by atoms with Crippen molar-refractivity contribution in [1.82, 2.24) is 58.5 Å². The third-order valence-corrected chi connectivity index (χ3v) is 15.4. The Balaban J connectivity index is 3.24. The van der Waals surface area contributed by atoms with Gasteiger partial charge in [-0.05, 0) is 127 Å². The highest BCUT2D eigenvalue weighted by molar-refractivity contribution is 6.00. The minimum absolute atomic E-state index is 0.0123. The maximum Gasteiger partial charge on any atom is 0.326 e. The van der Waals surface area contributed by atoms with Gasteiger partial charge in [-0.1, -0.05) is 80.4 Å². The molecule has 92 heavy (non-hydrogen) atoms. The maximum absolute atomic E-state index is 14.1. The van der Waals surface area contributed by atoms with E-state index >= 15 is 0 Å². The summed E-state index contributed by atoms with van der Waals surface area (Å²) in [6.07, 6.45) is 0.381. The van der Waals surface area contributed by atoms with Crippen LogP contribution in [0.15, 0.2) is 24.3 Å². The van der Waals surface area contributed by atoms with Crippen molar-refractivity contribution in [3.8, 4) is 5.75 Å².